The molecule has 0 saturated heterocycles. The first-order valence-electron chi connectivity index (χ1n) is 8.48. The first kappa shape index (κ1) is 17.4. The van der Waals surface area contributed by atoms with E-state index < -0.39 is 0 Å². The maximum absolute atomic E-state index is 5.89. The highest BCUT2D eigenvalue weighted by atomic mass is 16.5. The summed E-state index contributed by atoms with van der Waals surface area (Å²) in [4.78, 5) is 0. The molecule has 0 bridgehead atoms. The number of quaternary nitrogens is 1. The third-order valence-corrected chi connectivity index (χ3v) is 3.86. The Bertz CT molecular complexity index is 569. The van der Waals surface area contributed by atoms with E-state index in [-0.39, 0.29) is 0 Å². The molecule has 0 aliphatic carbocycles. The van der Waals surface area contributed by atoms with Crippen molar-refractivity contribution in [2.45, 2.75) is 32.7 Å². The van der Waals surface area contributed by atoms with E-state index in [0.717, 1.165) is 24.5 Å². The topological polar surface area (TPSA) is 35.1 Å². The predicted octanol–water partition coefficient (Wildman–Crippen LogP) is 3.18. The fourth-order valence-corrected chi connectivity index (χ4v) is 2.50. The number of ether oxygens (including phenoxy) is 2. The molecule has 0 radical (unpaired) electrons. The molecule has 0 aromatic heterocycles. The lowest BCUT2D eigenvalue weighted by atomic mass is 10.1. The van der Waals surface area contributed by atoms with E-state index in [9.17, 15) is 0 Å². The molecular formula is C20H28NO2+. The number of hydrogen-bond donors (Lipinski definition) is 1. The van der Waals surface area contributed by atoms with Gasteiger partial charge in [-0.05, 0) is 30.2 Å². The highest BCUT2D eigenvalue weighted by molar-refractivity contribution is 5.42. The van der Waals surface area contributed by atoms with Crippen LogP contribution in [0.2, 0.25) is 0 Å². The van der Waals surface area contributed by atoms with Gasteiger partial charge in [-0.2, -0.15) is 0 Å². The zero-order chi connectivity index (χ0) is 16.3. The minimum atomic E-state index is 0.655. The van der Waals surface area contributed by atoms with Crippen LogP contribution in [0.4, 0.5) is 0 Å². The number of nitrogens with two attached hydrogens (primary N) is 1. The van der Waals surface area contributed by atoms with Crippen molar-refractivity contribution in [3.8, 4) is 11.5 Å². The molecule has 0 atom stereocenters. The largest absolute Gasteiger partial charge is 0.493 e. The Morgan fingerprint density at radius 2 is 1.78 bits per heavy atom. The molecule has 0 amide bonds. The van der Waals surface area contributed by atoms with Crippen LogP contribution in [0.3, 0.4) is 0 Å². The van der Waals surface area contributed by atoms with Gasteiger partial charge in [-0.25, -0.2) is 0 Å². The molecule has 0 heterocycles. The molecule has 2 N–H and O–H groups in total. The van der Waals surface area contributed by atoms with Crippen molar-refractivity contribution in [1.29, 1.82) is 0 Å². The van der Waals surface area contributed by atoms with Gasteiger partial charge in [0.1, 0.15) is 6.54 Å². The zero-order valence-electron chi connectivity index (χ0n) is 14.3. The summed E-state index contributed by atoms with van der Waals surface area (Å²) in [6.45, 7) is 5.04. The molecule has 3 nitrogen and oxygen atoms in total. The molecular weight excluding hydrogens is 286 g/mol. The van der Waals surface area contributed by atoms with Gasteiger partial charge in [-0.1, -0.05) is 43.7 Å². The van der Waals surface area contributed by atoms with Gasteiger partial charge < -0.3 is 14.8 Å². The second-order valence-electron chi connectivity index (χ2n) is 5.70. The van der Waals surface area contributed by atoms with Crippen LogP contribution in [0.5, 0.6) is 11.5 Å². The maximum Gasteiger partial charge on any atom is 0.161 e. The first-order valence-corrected chi connectivity index (χ1v) is 8.48. The monoisotopic (exact) mass is 314 g/mol. The van der Waals surface area contributed by atoms with Crippen molar-refractivity contribution in [2.75, 3.05) is 20.3 Å². The van der Waals surface area contributed by atoms with E-state index in [1.807, 2.05) is 12.1 Å². The summed E-state index contributed by atoms with van der Waals surface area (Å²) in [7, 11) is 1.70. The van der Waals surface area contributed by atoms with E-state index >= 15 is 0 Å². The van der Waals surface area contributed by atoms with E-state index in [1.54, 1.807) is 7.11 Å². The Morgan fingerprint density at radius 3 is 2.52 bits per heavy atom. The Morgan fingerprint density at radius 1 is 0.957 bits per heavy atom. The third-order valence-electron chi connectivity index (χ3n) is 3.86. The fraction of sp³-hybridized carbons (Fsp3) is 0.400. The Labute approximate surface area is 139 Å². The highest BCUT2D eigenvalue weighted by Crippen LogP contribution is 2.28. The van der Waals surface area contributed by atoms with Crippen LogP contribution in [-0.4, -0.2) is 20.3 Å². The van der Waals surface area contributed by atoms with Gasteiger partial charge in [0, 0.05) is 12.0 Å². The van der Waals surface area contributed by atoms with Crippen molar-refractivity contribution in [1.82, 2.24) is 0 Å². The number of methoxy groups -OCH3 is 1. The van der Waals surface area contributed by atoms with Gasteiger partial charge in [0.2, 0.25) is 0 Å². The molecule has 2 aromatic rings. The van der Waals surface area contributed by atoms with Crippen LogP contribution >= 0.6 is 0 Å². The molecule has 0 fully saturated rings. The molecule has 2 rings (SSSR count). The van der Waals surface area contributed by atoms with Gasteiger partial charge in [0.05, 0.1) is 20.3 Å². The number of benzene rings is 2. The normalized spacial score (nSPS) is 10.5. The Balaban J connectivity index is 1.86. The van der Waals surface area contributed by atoms with E-state index in [0.29, 0.717) is 6.61 Å². The summed E-state index contributed by atoms with van der Waals surface area (Å²) in [6, 6.07) is 16.6. The second-order valence-corrected chi connectivity index (χ2v) is 5.70. The molecule has 0 aliphatic heterocycles. The molecule has 23 heavy (non-hydrogen) atoms. The van der Waals surface area contributed by atoms with Crippen molar-refractivity contribution < 1.29 is 14.8 Å². The van der Waals surface area contributed by atoms with Crippen LogP contribution in [0.15, 0.2) is 48.5 Å². The van der Waals surface area contributed by atoms with E-state index in [4.69, 9.17) is 9.47 Å². The quantitative estimate of drug-likeness (QED) is 0.684. The van der Waals surface area contributed by atoms with E-state index in [2.05, 4.69) is 48.6 Å². The van der Waals surface area contributed by atoms with Gasteiger partial charge in [0.25, 0.3) is 0 Å². The summed E-state index contributed by atoms with van der Waals surface area (Å²) in [5.41, 5.74) is 2.56. The lowest BCUT2D eigenvalue weighted by molar-refractivity contribution is -0.670. The number of unbranched alkanes of at least 4 members (excludes halogenated alkanes) is 1. The standard InChI is InChI=1S/C20H27NO2/c1-3-4-13-21-16-18-10-11-19(20(15-18)22-2)23-14-12-17-8-6-5-7-9-17/h5-11,15,21H,3-4,12-14,16H2,1-2H3/p+1. The summed E-state index contributed by atoms with van der Waals surface area (Å²) >= 11 is 0. The minimum Gasteiger partial charge on any atom is -0.493 e. The molecule has 3 heteroatoms. The minimum absolute atomic E-state index is 0.655. The van der Waals surface area contributed by atoms with Crippen molar-refractivity contribution >= 4 is 0 Å². The lowest BCUT2D eigenvalue weighted by Crippen LogP contribution is -2.82. The average molecular weight is 314 g/mol. The van der Waals surface area contributed by atoms with Crippen LogP contribution in [0, 0.1) is 0 Å². The molecule has 124 valence electrons. The molecule has 0 spiro atoms. The smallest absolute Gasteiger partial charge is 0.161 e. The second kappa shape index (κ2) is 9.90. The maximum atomic E-state index is 5.89. The van der Waals surface area contributed by atoms with Gasteiger partial charge >= 0.3 is 0 Å². The average Bonchev–Trinajstić information content (AvgIpc) is 2.60. The van der Waals surface area contributed by atoms with Crippen molar-refractivity contribution in [3.63, 3.8) is 0 Å². The van der Waals surface area contributed by atoms with Gasteiger partial charge in [0.15, 0.2) is 11.5 Å². The SMILES string of the molecule is CCCC[NH2+]Cc1ccc(OCCc2ccccc2)c(OC)c1. The Hall–Kier alpha value is -2.00. The van der Waals surface area contributed by atoms with Crippen molar-refractivity contribution in [3.05, 3.63) is 59.7 Å². The van der Waals surface area contributed by atoms with Crippen LogP contribution in [0.25, 0.3) is 0 Å². The van der Waals surface area contributed by atoms with Gasteiger partial charge in [-0.3, -0.25) is 0 Å². The third kappa shape index (κ3) is 5.95. The molecule has 2 aromatic carbocycles. The lowest BCUT2D eigenvalue weighted by Gasteiger charge is -2.12. The zero-order valence-corrected chi connectivity index (χ0v) is 14.3. The van der Waals surface area contributed by atoms with E-state index in [1.165, 1.54) is 30.5 Å². The summed E-state index contributed by atoms with van der Waals surface area (Å²) < 4.78 is 11.4. The van der Waals surface area contributed by atoms with Crippen molar-refractivity contribution in [2.24, 2.45) is 0 Å². The van der Waals surface area contributed by atoms with Crippen LogP contribution < -0.4 is 14.8 Å². The molecule has 0 aliphatic rings. The molecule has 0 unspecified atom stereocenters. The predicted molar refractivity (Wildman–Crippen MR) is 94.0 cm³/mol. The number of hydrogen-bond acceptors (Lipinski definition) is 2. The summed E-state index contributed by atoms with van der Waals surface area (Å²) in [5, 5.41) is 2.34. The fourth-order valence-electron chi connectivity index (χ4n) is 2.50. The van der Waals surface area contributed by atoms with Crippen LogP contribution in [-0.2, 0) is 13.0 Å². The Kier molecular flexibility index (Phi) is 7.47. The van der Waals surface area contributed by atoms with Gasteiger partial charge in [-0.15, -0.1) is 0 Å². The molecule has 0 saturated carbocycles. The summed E-state index contributed by atoms with van der Waals surface area (Å²) in [6.07, 6.45) is 3.41. The first-order chi connectivity index (χ1) is 11.3. The van der Waals surface area contributed by atoms with Crippen LogP contribution in [0.1, 0.15) is 30.9 Å². The number of rotatable bonds is 10. The highest BCUT2D eigenvalue weighted by Gasteiger charge is 2.07. The summed E-state index contributed by atoms with van der Waals surface area (Å²) in [5.74, 6) is 1.64.